The highest BCUT2D eigenvalue weighted by molar-refractivity contribution is 7.80. The zero-order valence-electron chi connectivity index (χ0n) is 17.7. The summed E-state index contributed by atoms with van der Waals surface area (Å²) < 4.78 is 29.7. The number of carbonyl (C=O) groups excluding carboxylic acids is 1. The molecule has 1 fully saturated rings. The van der Waals surface area contributed by atoms with Crippen molar-refractivity contribution in [2.24, 2.45) is 5.10 Å². The molecule has 1 aliphatic heterocycles. The standard InChI is InChI=1S/C22H25FN4O4S/c1-29-20-14-16(6-7-19(20)31-21(28)17-4-2-3-5-18(17)23)15-25-26-22(32)24-8-9-27-10-12-30-13-11-27/h2-7,14-15H,8-13H2,1H3,(H2,24,26,32)/b25-15+. The molecule has 0 aliphatic carbocycles. The number of nitrogens with one attached hydrogen (secondary N) is 2. The van der Waals surface area contributed by atoms with Crippen molar-refractivity contribution in [3.8, 4) is 11.5 Å². The van der Waals surface area contributed by atoms with Gasteiger partial charge >= 0.3 is 5.97 Å². The molecule has 0 unspecified atom stereocenters. The summed E-state index contributed by atoms with van der Waals surface area (Å²) in [5, 5.41) is 7.62. The van der Waals surface area contributed by atoms with Gasteiger partial charge in [-0.15, -0.1) is 0 Å². The first kappa shape index (κ1) is 23.6. The molecule has 2 aromatic carbocycles. The number of carbonyl (C=O) groups is 1. The van der Waals surface area contributed by atoms with E-state index in [-0.39, 0.29) is 11.3 Å². The number of hydrogen-bond acceptors (Lipinski definition) is 7. The molecule has 0 aromatic heterocycles. The van der Waals surface area contributed by atoms with Gasteiger partial charge in [-0.3, -0.25) is 10.3 Å². The van der Waals surface area contributed by atoms with Crippen molar-refractivity contribution in [3.05, 3.63) is 59.4 Å². The van der Waals surface area contributed by atoms with Crippen LogP contribution in [0.5, 0.6) is 11.5 Å². The summed E-state index contributed by atoms with van der Waals surface area (Å²) in [5.74, 6) is -0.977. The number of thiocarbonyl (C=S) groups is 1. The van der Waals surface area contributed by atoms with Crippen molar-refractivity contribution >= 4 is 29.5 Å². The zero-order valence-corrected chi connectivity index (χ0v) is 18.5. The number of hydrogen-bond donors (Lipinski definition) is 2. The van der Waals surface area contributed by atoms with Crippen LogP contribution >= 0.6 is 12.2 Å². The molecule has 0 saturated carbocycles. The topological polar surface area (TPSA) is 84.4 Å². The Morgan fingerprint density at radius 2 is 2.03 bits per heavy atom. The second-order valence-electron chi connectivity index (χ2n) is 6.86. The van der Waals surface area contributed by atoms with E-state index in [9.17, 15) is 9.18 Å². The van der Waals surface area contributed by atoms with Gasteiger partial charge in [0, 0.05) is 26.2 Å². The van der Waals surface area contributed by atoms with Gasteiger partial charge in [0.15, 0.2) is 16.6 Å². The molecule has 0 bridgehead atoms. The number of halogens is 1. The maximum Gasteiger partial charge on any atom is 0.346 e. The highest BCUT2D eigenvalue weighted by Gasteiger charge is 2.16. The van der Waals surface area contributed by atoms with Crippen molar-refractivity contribution in [2.45, 2.75) is 0 Å². The highest BCUT2D eigenvalue weighted by Crippen LogP contribution is 2.28. The van der Waals surface area contributed by atoms with Gasteiger partial charge in [0.25, 0.3) is 0 Å². The second kappa shape index (κ2) is 12.1. The van der Waals surface area contributed by atoms with E-state index in [1.807, 2.05) is 0 Å². The van der Waals surface area contributed by atoms with E-state index in [2.05, 4.69) is 20.7 Å². The van der Waals surface area contributed by atoms with Crippen LogP contribution in [-0.2, 0) is 4.74 Å². The lowest BCUT2D eigenvalue weighted by Crippen LogP contribution is -2.42. The smallest absolute Gasteiger partial charge is 0.346 e. The van der Waals surface area contributed by atoms with Crippen LogP contribution in [-0.4, -0.2) is 68.7 Å². The monoisotopic (exact) mass is 460 g/mol. The van der Waals surface area contributed by atoms with Crippen LogP contribution < -0.4 is 20.2 Å². The van der Waals surface area contributed by atoms with Crippen LogP contribution in [0.2, 0.25) is 0 Å². The van der Waals surface area contributed by atoms with Gasteiger partial charge in [0.2, 0.25) is 0 Å². The van der Waals surface area contributed by atoms with Crippen LogP contribution in [0.4, 0.5) is 4.39 Å². The fraction of sp³-hybridized carbons (Fsp3) is 0.318. The molecule has 0 amide bonds. The third kappa shape index (κ3) is 6.98. The van der Waals surface area contributed by atoms with Gasteiger partial charge < -0.3 is 19.5 Å². The molecular weight excluding hydrogens is 435 g/mol. The van der Waals surface area contributed by atoms with Gasteiger partial charge in [0.05, 0.1) is 32.1 Å². The minimum atomic E-state index is -0.807. The van der Waals surface area contributed by atoms with Gasteiger partial charge in [0.1, 0.15) is 5.82 Å². The number of morpholine rings is 1. The Labute approximate surface area is 191 Å². The molecule has 2 aromatic rings. The molecule has 32 heavy (non-hydrogen) atoms. The lowest BCUT2D eigenvalue weighted by atomic mass is 10.2. The summed E-state index contributed by atoms with van der Waals surface area (Å²) in [4.78, 5) is 14.5. The van der Waals surface area contributed by atoms with E-state index in [4.69, 9.17) is 26.4 Å². The molecule has 0 spiro atoms. The summed E-state index contributed by atoms with van der Waals surface area (Å²) in [6.07, 6.45) is 1.56. The number of ether oxygens (including phenoxy) is 3. The van der Waals surface area contributed by atoms with Crippen molar-refractivity contribution in [3.63, 3.8) is 0 Å². The number of benzene rings is 2. The Morgan fingerprint density at radius 1 is 1.25 bits per heavy atom. The third-order valence-electron chi connectivity index (χ3n) is 4.68. The first-order chi connectivity index (χ1) is 15.6. The molecule has 1 saturated heterocycles. The van der Waals surface area contributed by atoms with Crippen molar-refractivity contribution in [2.75, 3.05) is 46.5 Å². The minimum absolute atomic E-state index is 0.154. The minimum Gasteiger partial charge on any atom is -0.493 e. The Kier molecular flexibility index (Phi) is 8.90. The van der Waals surface area contributed by atoms with Gasteiger partial charge in [-0.05, 0) is 48.1 Å². The van der Waals surface area contributed by atoms with Crippen LogP contribution in [0, 0.1) is 5.82 Å². The van der Waals surface area contributed by atoms with Crippen molar-refractivity contribution in [1.29, 1.82) is 0 Å². The summed E-state index contributed by atoms with van der Waals surface area (Å²) >= 11 is 5.22. The van der Waals surface area contributed by atoms with Crippen molar-refractivity contribution in [1.82, 2.24) is 15.6 Å². The quantitative estimate of drug-likeness (QED) is 0.204. The predicted octanol–water partition coefficient (Wildman–Crippen LogP) is 2.18. The van der Waals surface area contributed by atoms with Crippen LogP contribution in [0.25, 0.3) is 0 Å². The summed E-state index contributed by atoms with van der Waals surface area (Å²) in [5.41, 5.74) is 3.30. The fourth-order valence-electron chi connectivity index (χ4n) is 2.99. The van der Waals surface area contributed by atoms with E-state index in [1.165, 1.54) is 25.3 Å². The number of methoxy groups -OCH3 is 1. The van der Waals surface area contributed by atoms with Crippen LogP contribution in [0.3, 0.4) is 0 Å². The lowest BCUT2D eigenvalue weighted by molar-refractivity contribution is 0.0389. The molecule has 170 valence electrons. The first-order valence-corrected chi connectivity index (χ1v) is 10.5. The Hall–Kier alpha value is -3.08. The number of esters is 1. The lowest BCUT2D eigenvalue weighted by Gasteiger charge is -2.26. The van der Waals surface area contributed by atoms with Gasteiger partial charge in [-0.25, -0.2) is 9.18 Å². The Bertz CT molecular complexity index is 967. The normalized spacial score (nSPS) is 14.2. The van der Waals surface area contributed by atoms with E-state index in [0.717, 1.165) is 32.8 Å². The summed E-state index contributed by atoms with van der Waals surface area (Å²) in [6, 6.07) is 10.5. The number of rotatable bonds is 8. The molecule has 0 atom stereocenters. The largest absolute Gasteiger partial charge is 0.493 e. The van der Waals surface area contributed by atoms with Gasteiger partial charge in [-0.2, -0.15) is 5.10 Å². The maximum atomic E-state index is 13.8. The molecule has 1 heterocycles. The molecule has 8 nitrogen and oxygen atoms in total. The number of nitrogens with zero attached hydrogens (tertiary/aromatic N) is 2. The zero-order chi connectivity index (χ0) is 22.8. The molecule has 0 radical (unpaired) electrons. The molecule has 10 heteroatoms. The Morgan fingerprint density at radius 3 is 2.78 bits per heavy atom. The SMILES string of the molecule is COc1cc(/C=N/NC(=S)NCCN2CCOCC2)ccc1OC(=O)c1ccccc1F. The van der Waals surface area contributed by atoms with E-state index in [0.29, 0.717) is 23.0 Å². The van der Waals surface area contributed by atoms with Crippen LogP contribution in [0.1, 0.15) is 15.9 Å². The average Bonchev–Trinajstić information content (AvgIpc) is 2.81. The van der Waals surface area contributed by atoms with E-state index >= 15 is 0 Å². The average molecular weight is 461 g/mol. The molecule has 1 aliphatic rings. The summed E-state index contributed by atoms with van der Waals surface area (Å²) in [6.45, 7) is 4.95. The third-order valence-corrected chi connectivity index (χ3v) is 4.92. The summed E-state index contributed by atoms with van der Waals surface area (Å²) in [7, 11) is 1.45. The second-order valence-corrected chi connectivity index (χ2v) is 7.27. The molecular formula is C22H25FN4O4S. The van der Waals surface area contributed by atoms with Crippen LogP contribution in [0.15, 0.2) is 47.6 Å². The van der Waals surface area contributed by atoms with Crippen molar-refractivity contribution < 1.29 is 23.4 Å². The van der Waals surface area contributed by atoms with E-state index < -0.39 is 11.8 Å². The number of hydrazone groups is 1. The van der Waals surface area contributed by atoms with Gasteiger partial charge in [-0.1, -0.05) is 12.1 Å². The Balaban J connectivity index is 1.50. The highest BCUT2D eigenvalue weighted by atomic mass is 32.1. The fourth-order valence-corrected chi connectivity index (χ4v) is 3.14. The maximum absolute atomic E-state index is 13.8. The molecule has 3 rings (SSSR count). The predicted molar refractivity (Wildman–Crippen MR) is 123 cm³/mol. The first-order valence-electron chi connectivity index (χ1n) is 10.1. The van der Waals surface area contributed by atoms with E-state index in [1.54, 1.807) is 30.5 Å². The molecule has 2 N–H and O–H groups in total.